The molecule has 3 nitrogen and oxygen atoms in total. The van der Waals surface area contributed by atoms with E-state index < -0.39 is 0 Å². The van der Waals surface area contributed by atoms with Gasteiger partial charge in [-0.25, -0.2) is 4.39 Å². The number of furan rings is 1. The van der Waals surface area contributed by atoms with Crippen molar-refractivity contribution in [2.45, 2.75) is 6.92 Å². The largest absolute Gasteiger partial charge is 0.457 e. The fraction of sp³-hybridized carbons (Fsp3) is 0.125. The zero-order valence-electron chi connectivity index (χ0n) is 11.7. The Morgan fingerprint density at radius 1 is 1.27 bits per heavy atom. The molecule has 22 heavy (non-hydrogen) atoms. The summed E-state index contributed by atoms with van der Waals surface area (Å²) in [5, 5.41) is 0. The van der Waals surface area contributed by atoms with Crippen LogP contribution in [0.15, 0.2) is 45.7 Å². The van der Waals surface area contributed by atoms with E-state index >= 15 is 0 Å². The minimum absolute atomic E-state index is 0.0998. The highest BCUT2D eigenvalue weighted by Crippen LogP contribution is 2.33. The van der Waals surface area contributed by atoms with Crippen molar-refractivity contribution in [3.8, 4) is 11.3 Å². The molecule has 0 saturated carbocycles. The first kappa shape index (κ1) is 15.0. The Labute approximate surface area is 136 Å². The fourth-order valence-electron chi connectivity index (χ4n) is 2.10. The quantitative estimate of drug-likeness (QED) is 0.619. The maximum absolute atomic E-state index is 12.9. The lowest BCUT2D eigenvalue weighted by Gasteiger charge is -2.09. The molecule has 0 N–H and O–H groups in total. The van der Waals surface area contributed by atoms with Crippen LogP contribution in [0.1, 0.15) is 12.7 Å². The van der Waals surface area contributed by atoms with Gasteiger partial charge in [-0.05, 0) is 43.3 Å². The van der Waals surface area contributed by atoms with Gasteiger partial charge in [0.15, 0.2) is 0 Å². The number of amides is 1. The Kier molecular flexibility index (Phi) is 4.13. The van der Waals surface area contributed by atoms with E-state index in [1.807, 2.05) is 6.92 Å². The average Bonchev–Trinajstić information content (AvgIpc) is 3.06. The predicted molar refractivity (Wildman–Crippen MR) is 89.7 cm³/mol. The van der Waals surface area contributed by atoms with Crippen LogP contribution < -0.4 is 0 Å². The molecule has 1 aromatic heterocycles. The summed E-state index contributed by atoms with van der Waals surface area (Å²) in [6.07, 6.45) is 1.68. The average molecular weight is 333 g/mol. The van der Waals surface area contributed by atoms with E-state index in [4.69, 9.17) is 16.6 Å². The number of halogens is 1. The van der Waals surface area contributed by atoms with Crippen molar-refractivity contribution in [3.63, 3.8) is 0 Å². The Hall–Kier alpha value is -1.92. The Morgan fingerprint density at radius 3 is 2.64 bits per heavy atom. The molecule has 2 heterocycles. The van der Waals surface area contributed by atoms with Crippen LogP contribution in [0, 0.1) is 5.82 Å². The molecule has 1 aliphatic heterocycles. The highest BCUT2D eigenvalue weighted by Gasteiger charge is 2.30. The first-order valence-corrected chi connectivity index (χ1v) is 7.92. The van der Waals surface area contributed by atoms with E-state index in [0.29, 0.717) is 27.3 Å². The number of hydrogen-bond donors (Lipinski definition) is 0. The fourth-order valence-corrected chi connectivity index (χ4v) is 3.47. The summed E-state index contributed by atoms with van der Waals surface area (Å²) in [6, 6.07) is 9.62. The molecule has 6 heteroatoms. The Bertz CT molecular complexity index is 765. The lowest BCUT2D eigenvalue weighted by Crippen LogP contribution is -2.27. The van der Waals surface area contributed by atoms with Crippen molar-refractivity contribution in [2.75, 3.05) is 6.54 Å². The Balaban J connectivity index is 1.86. The summed E-state index contributed by atoms with van der Waals surface area (Å²) in [5.41, 5.74) is 0.780. The van der Waals surface area contributed by atoms with E-state index in [1.54, 1.807) is 35.2 Å². The van der Waals surface area contributed by atoms with Gasteiger partial charge in [0.2, 0.25) is 0 Å². The number of carbonyl (C=O) groups excluding carboxylic acids is 1. The van der Waals surface area contributed by atoms with Crippen molar-refractivity contribution in [2.24, 2.45) is 0 Å². The van der Waals surface area contributed by atoms with Gasteiger partial charge in [0.05, 0.1) is 4.91 Å². The number of carbonyl (C=O) groups is 1. The van der Waals surface area contributed by atoms with Gasteiger partial charge in [0, 0.05) is 18.2 Å². The summed E-state index contributed by atoms with van der Waals surface area (Å²) in [7, 11) is 0. The molecule has 1 saturated heterocycles. The summed E-state index contributed by atoms with van der Waals surface area (Å²) < 4.78 is 19.2. The standard InChI is InChI=1S/C16H12FNO2S2/c1-2-18-15(19)14(22-16(18)21)9-12-7-8-13(20-12)10-3-5-11(17)6-4-10/h3-9H,2H2,1H3. The third-order valence-electron chi connectivity index (χ3n) is 3.22. The van der Waals surface area contributed by atoms with Crippen molar-refractivity contribution in [1.82, 2.24) is 4.90 Å². The lowest BCUT2D eigenvalue weighted by molar-refractivity contribution is -0.121. The molecule has 0 radical (unpaired) electrons. The van der Waals surface area contributed by atoms with Gasteiger partial charge in [-0.3, -0.25) is 9.69 Å². The molecule has 1 aromatic carbocycles. The highest BCUT2D eigenvalue weighted by atomic mass is 32.2. The van der Waals surface area contributed by atoms with Gasteiger partial charge in [-0.2, -0.15) is 0 Å². The van der Waals surface area contributed by atoms with Crippen LogP contribution in [0.2, 0.25) is 0 Å². The van der Waals surface area contributed by atoms with Crippen LogP contribution in [0.25, 0.3) is 17.4 Å². The van der Waals surface area contributed by atoms with Crippen LogP contribution in [-0.4, -0.2) is 21.7 Å². The molecule has 2 aromatic rings. The third kappa shape index (κ3) is 2.84. The number of rotatable bonds is 3. The number of hydrogen-bond acceptors (Lipinski definition) is 4. The second-order valence-corrected chi connectivity index (χ2v) is 6.31. The minimum Gasteiger partial charge on any atom is -0.457 e. The maximum atomic E-state index is 12.9. The highest BCUT2D eigenvalue weighted by molar-refractivity contribution is 8.26. The van der Waals surface area contributed by atoms with E-state index in [9.17, 15) is 9.18 Å². The SMILES string of the molecule is CCN1C(=O)C(=Cc2ccc(-c3ccc(F)cc3)o2)SC1=S. The zero-order valence-corrected chi connectivity index (χ0v) is 13.3. The second kappa shape index (κ2) is 6.06. The minimum atomic E-state index is -0.293. The van der Waals surface area contributed by atoms with Gasteiger partial charge >= 0.3 is 0 Å². The summed E-state index contributed by atoms with van der Waals surface area (Å²) >= 11 is 6.43. The van der Waals surface area contributed by atoms with Crippen molar-refractivity contribution >= 4 is 40.3 Å². The van der Waals surface area contributed by atoms with Crippen LogP contribution in [0.5, 0.6) is 0 Å². The van der Waals surface area contributed by atoms with Crippen molar-refractivity contribution in [3.05, 3.63) is 52.9 Å². The predicted octanol–water partition coefficient (Wildman–Crippen LogP) is 4.31. The molecule has 1 fully saturated rings. The normalized spacial score (nSPS) is 16.8. The summed E-state index contributed by atoms with van der Waals surface area (Å²) in [4.78, 5) is 14.2. The molecular weight excluding hydrogens is 321 g/mol. The van der Waals surface area contributed by atoms with Crippen molar-refractivity contribution < 1.29 is 13.6 Å². The topological polar surface area (TPSA) is 33.5 Å². The number of likely N-dealkylation sites (N-methyl/N-ethyl adjacent to an activating group) is 1. The van der Waals surface area contributed by atoms with Gasteiger partial charge in [0.1, 0.15) is 21.7 Å². The van der Waals surface area contributed by atoms with E-state index in [-0.39, 0.29) is 11.7 Å². The van der Waals surface area contributed by atoms with E-state index in [1.165, 1.54) is 23.9 Å². The molecular formula is C16H12FNO2S2. The second-order valence-electron chi connectivity index (χ2n) is 4.63. The molecule has 0 bridgehead atoms. The first-order valence-electron chi connectivity index (χ1n) is 6.69. The van der Waals surface area contributed by atoms with Gasteiger partial charge in [-0.15, -0.1) is 0 Å². The number of benzene rings is 1. The summed E-state index contributed by atoms with van der Waals surface area (Å²) in [5.74, 6) is 0.796. The van der Waals surface area contributed by atoms with Gasteiger partial charge in [0.25, 0.3) is 5.91 Å². The zero-order chi connectivity index (χ0) is 15.7. The van der Waals surface area contributed by atoms with Crippen molar-refractivity contribution in [1.29, 1.82) is 0 Å². The molecule has 0 atom stereocenters. The first-order chi connectivity index (χ1) is 10.6. The molecule has 3 rings (SSSR count). The molecule has 0 unspecified atom stereocenters. The Morgan fingerprint density at radius 2 is 2.00 bits per heavy atom. The van der Waals surface area contributed by atoms with Crippen LogP contribution in [0.4, 0.5) is 4.39 Å². The lowest BCUT2D eigenvalue weighted by atomic mass is 10.2. The number of nitrogens with zero attached hydrogens (tertiary/aromatic N) is 1. The van der Waals surface area contributed by atoms with E-state index in [2.05, 4.69) is 0 Å². The van der Waals surface area contributed by atoms with Crippen LogP contribution >= 0.6 is 24.0 Å². The molecule has 0 spiro atoms. The third-order valence-corrected chi connectivity index (χ3v) is 4.60. The van der Waals surface area contributed by atoms with Crippen LogP contribution in [0.3, 0.4) is 0 Å². The summed E-state index contributed by atoms with van der Waals surface area (Å²) in [6.45, 7) is 2.44. The molecule has 1 aliphatic rings. The number of thiocarbonyl (C=S) groups is 1. The smallest absolute Gasteiger partial charge is 0.266 e. The van der Waals surface area contributed by atoms with Gasteiger partial charge < -0.3 is 4.42 Å². The molecule has 0 aliphatic carbocycles. The monoisotopic (exact) mass is 333 g/mol. The maximum Gasteiger partial charge on any atom is 0.266 e. The van der Waals surface area contributed by atoms with Crippen LogP contribution in [-0.2, 0) is 4.79 Å². The van der Waals surface area contributed by atoms with E-state index in [0.717, 1.165) is 5.56 Å². The molecule has 112 valence electrons. The molecule has 1 amide bonds. The van der Waals surface area contributed by atoms with Gasteiger partial charge in [-0.1, -0.05) is 24.0 Å². The number of thioether (sulfide) groups is 1.